The van der Waals surface area contributed by atoms with E-state index in [0.717, 1.165) is 106 Å². The highest BCUT2D eigenvalue weighted by atomic mass is 16.3. The topological polar surface area (TPSA) is 69.5 Å². The average Bonchev–Trinajstić information content (AvgIpc) is 0.793. The molecule has 0 atom stereocenters. The number of rotatable bonds is 10. The molecule has 102 heavy (non-hydrogen) atoms. The zero-order valence-electron chi connectivity index (χ0n) is 56.2. The predicted octanol–water partition coefficient (Wildman–Crippen LogP) is 25.0. The SMILES string of the molecule is Cc1ccc2c(c1)c1ccccc1n2-c1ccc(-c2c(C#N)c(-c3ccc(-n4c5ccccc5c5cc(C)ccc54)cc3)c(-c3nc4ccccc4o3)c(-c3ccc(-n4c5ccccc5c5cc(-c6ccccc6)ccc54)cc3)c2-c2ccc(-n3c4ccccc4c4cc(C)ccc43)cc2)cc1. The molecular weight excluding hydrogens is 1240 g/mol. The number of nitriles is 1. The Hall–Kier alpha value is -13.5. The summed E-state index contributed by atoms with van der Waals surface area (Å²) in [5.74, 6) is 0.405. The van der Waals surface area contributed by atoms with Crippen LogP contribution >= 0.6 is 0 Å². The van der Waals surface area contributed by atoms with E-state index in [0.29, 0.717) is 33.7 Å². The molecule has 0 saturated carbocycles. The number of aromatic nitrogens is 5. The Morgan fingerprint density at radius 2 is 0.578 bits per heavy atom. The van der Waals surface area contributed by atoms with Crippen LogP contribution in [-0.2, 0) is 0 Å². The Morgan fingerprint density at radius 3 is 0.980 bits per heavy atom. The van der Waals surface area contributed by atoms with Crippen molar-refractivity contribution in [2.45, 2.75) is 20.8 Å². The van der Waals surface area contributed by atoms with Gasteiger partial charge < -0.3 is 22.7 Å². The van der Waals surface area contributed by atoms with E-state index in [1.165, 1.54) is 70.9 Å². The Balaban J connectivity index is 0.881. The lowest BCUT2D eigenvalue weighted by atomic mass is 9.77. The highest BCUT2D eigenvalue weighted by Crippen LogP contribution is 2.54. The van der Waals surface area contributed by atoms with Crippen LogP contribution in [0.1, 0.15) is 22.3 Å². The molecule has 20 rings (SSSR count). The first-order valence-corrected chi connectivity index (χ1v) is 34.8. The molecule has 0 aliphatic rings. The first-order valence-electron chi connectivity index (χ1n) is 34.8. The second kappa shape index (κ2) is 23.0. The molecule has 0 aliphatic carbocycles. The van der Waals surface area contributed by atoms with Gasteiger partial charge in [-0.3, -0.25) is 0 Å². The van der Waals surface area contributed by atoms with Crippen molar-refractivity contribution < 1.29 is 4.42 Å². The number of oxazole rings is 1. The smallest absolute Gasteiger partial charge is 0.228 e. The second-order valence-corrected chi connectivity index (χ2v) is 27.1. The fraction of sp³-hybridized carbons (Fsp3) is 0.0316. The Morgan fingerprint density at radius 1 is 0.265 bits per heavy atom. The van der Waals surface area contributed by atoms with Crippen LogP contribution in [0.2, 0.25) is 0 Å². The Kier molecular flexibility index (Phi) is 13.2. The highest BCUT2D eigenvalue weighted by Gasteiger charge is 2.32. The van der Waals surface area contributed by atoms with Gasteiger partial charge in [0.1, 0.15) is 11.6 Å². The molecule has 0 fully saturated rings. The molecule has 0 aliphatic heterocycles. The van der Waals surface area contributed by atoms with Gasteiger partial charge in [0.2, 0.25) is 5.89 Å². The number of para-hydroxylation sites is 6. The van der Waals surface area contributed by atoms with Crippen LogP contribution in [0.3, 0.4) is 0 Å². The summed E-state index contributed by atoms with van der Waals surface area (Å²) in [6.07, 6.45) is 0. The molecule has 0 N–H and O–H groups in total. The van der Waals surface area contributed by atoms with Gasteiger partial charge in [-0.05, 0) is 193 Å². The summed E-state index contributed by atoms with van der Waals surface area (Å²) in [4.78, 5) is 5.47. The molecular formula is C95H62N6O. The van der Waals surface area contributed by atoms with Gasteiger partial charge in [-0.2, -0.15) is 5.26 Å². The van der Waals surface area contributed by atoms with E-state index in [-0.39, 0.29) is 0 Å². The summed E-state index contributed by atoms with van der Waals surface area (Å²) in [5, 5.41) is 22.2. The number of hydrogen-bond donors (Lipinski definition) is 0. The predicted molar refractivity (Wildman–Crippen MR) is 423 cm³/mol. The summed E-state index contributed by atoms with van der Waals surface area (Å²) in [6, 6.07) is 119. The maximum atomic E-state index is 12.7. The third-order valence-corrected chi connectivity index (χ3v) is 21.0. The minimum Gasteiger partial charge on any atom is -0.436 e. The molecule has 0 radical (unpaired) electrons. The Bertz CT molecular complexity index is 6840. The maximum Gasteiger partial charge on any atom is 0.228 e. The molecule has 478 valence electrons. The largest absolute Gasteiger partial charge is 0.436 e. The van der Waals surface area contributed by atoms with Gasteiger partial charge in [0.05, 0.1) is 55.3 Å². The van der Waals surface area contributed by atoms with E-state index in [1.54, 1.807) is 0 Å². The van der Waals surface area contributed by atoms with Gasteiger partial charge in [0.15, 0.2) is 5.58 Å². The van der Waals surface area contributed by atoms with Crippen LogP contribution in [0.4, 0.5) is 0 Å². The summed E-state index contributed by atoms with van der Waals surface area (Å²) >= 11 is 0. The monoisotopic (exact) mass is 1300 g/mol. The zero-order chi connectivity index (χ0) is 67.8. The van der Waals surface area contributed by atoms with Crippen LogP contribution in [0.25, 0.3) is 188 Å². The molecule has 15 aromatic carbocycles. The van der Waals surface area contributed by atoms with Crippen LogP contribution in [0.5, 0.6) is 0 Å². The van der Waals surface area contributed by atoms with E-state index in [1.807, 2.05) is 24.3 Å². The van der Waals surface area contributed by atoms with Crippen molar-refractivity contribution in [2.24, 2.45) is 0 Å². The first kappa shape index (κ1) is 58.6. The number of benzene rings is 15. The van der Waals surface area contributed by atoms with Crippen LogP contribution < -0.4 is 0 Å². The molecule has 0 unspecified atom stereocenters. The average molecular weight is 1300 g/mol. The number of fused-ring (bicyclic) bond motifs is 13. The van der Waals surface area contributed by atoms with E-state index in [2.05, 4.69) is 342 Å². The van der Waals surface area contributed by atoms with Gasteiger partial charge in [0, 0.05) is 82.5 Å². The maximum absolute atomic E-state index is 12.7. The van der Waals surface area contributed by atoms with Crippen molar-refractivity contribution in [1.29, 1.82) is 5.26 Å². The molecule has 20 aromatic rings. The lowest BCUT2D eigenvalue weighted by Crippen LogP contribution is -2.03. The number of hydrogen-bond acceptors (Lipinski definition) is 3. The third kappa shape index (κ3) is 9.10. The number of nitrogens with zero attached hydrogens (tertiary/aromatic N) is 6. The molecule has 5 aromatic heterocycles. The minimum atomic E-state index is 0.405. The zero-order valence-corrected chi connectivity index (χ0v) is 56.2. The van der Waals surface area contributed by atoms with E-state index >= 15 is 0 Å². The highest BCUT2D eigenvalue weighted by molar-refractivity contribution is 6.15. The van der Waals surface area contributed by atoms with Crippen LogP contribution in [0.15, 0.2) is 326 Å². The fourth-order valence-electron chi connectivity index (χ4n) is 16.5. The van der Waals surface area contributed by atoms with Gasteiger partial charge in [-0.25, -0.2) is 4.98 Å². The van der Waals surface area contributed by atoms with Crippen LogP contribution in [-0.4, -0.2) is 23.3 Å². The van der Waals surface area contributed by atoms with Gasteiger partial charge in [0.25, 0.3) is 0 Å². The molecule has 5 heterocycles. The molecule has 0 bridgehead atoms. The summed E-state index contributed by atoms with van der Waals surface area (Å²) in [5.41, 5.74) is 28.3. The standard InChI is InChI=1S/C95H62N6O/c1-58-29-49-85-75(53-58)71-19-7-12-24-81(71)98(85)67-41-32-62(33-42-67)90-79(57-96)91(63-34-43-68(44-35-63)99-82-25-13-8-20-72(82)76-54-59(2)30-50-86(76)99)94(95-97-80-23-11-16-28-89(80)102-95)93(92(90)64-36-45-69(46-37-64)100-83-26-14-9-21-73(83)77-55-60(3)31-51-87(77)100)65-38-47-70(48-39-65)101-84-27-15-10-22-74(84)78-56-66(40-52-88(78)101)61-17-5-4-6-18-61/h4-56H,1-3H3. The van der Waals surface area contributed by atoms with E-state index < -0.39 is 0 Å². The fourth-order valence-corrected chi connectivity index (χ4v) is 16.5. The second-order valence-electron chi connectivity index (χ2n) is 27.1. The minimum absolute atomic E-state index is 0.405. The Labute approximate surface area is 588 Å². The van der Waals surface area contributed by atoms with Gasteiger partial charge >= 0.3 is 0 Å². The quantitative estimate of drug-likeness (QED) is 0.137. The van der Waals surface area contributed by atoms with Crippen molar-refractivity contribution in [3.63, 3.8) is 0 Å². The lowest BCUT2D eigenvalue weighted by molar-refractivity contribution is 0.620. The third-order valence-electron chi connectivity index (χ3n) is 21.0. The van der Waals surface area contributed by atoms with E-state index in [4.69, 9.17) is 9.40 Å². The molecule has 7 heteroatoms. The summed E-state index contributed by atoms with van der Waals surface area (Å²) < 4.78 is 16.7. The van der Waals surface area contributed by atoms with Crippen molar-refractivity contribution in [3.05, 3.63) is 344 Å². The molecule has 0 spiro atoms. The number of aryl methyl sites for hydroxylation is 3. The normalized spacial score (nSPS) is 11.9. The molecule has 0 amide bonds. The molecule has 7 nitrogen and oxygen atoms in total. The van der Waals surface area contributed by atoms with Gasteiger partial charge in [-0.1, -0.05) is 205 Å². The van der Waals surface area contributed by atoms with Crippen LogP contribution in [0, 0.1) is 32.1 Å². The summed E-state index contributed by atoms with van der Waals surface area (Å²) in [6.45, 7) is 6.47. The lowest BCUT2D eigenvalue weighted by Gasteiger charge is -2.25. The van der Waals surface area contributed by atoms with Crippen molar-refractivity contribution in [3.8, 4) is 95.9 Å². The van der Waals surface area contributed by atoms with E-state index in [9.17, 15) is 5.26 Å². The van der Waals surface area contributed by atoms with Crippen molar-refractivity contribution >= 4 is 98.3 Å². The first-order chi connectivity index (χ1) is 50.3. The van der Waals surface area contributed by atoms with Gasteiger partial charge in [-0.15, -0.1) is 0 Å². The van der Waals surface area contributed by atoms with Crippen molar-refractivity contribution in [2.75, 3.05) is 0 Å². The molecule has 0 saturated heterocycles. The summed E-state index contributed by atoms with van der Waals surface area (Å²) in [7, 11) is 0. The van der Waals surface area contributed by atoms with Crippen molar-refractivity contribution in [1.82, 2.24) is 23.3 Å².